The van der Waals surface area contributed by atoms with Crippen molar-refractivity contribution in [1.82, 2.24) is 4.90 Å². The minimum atomic E-state index is -1.27. The number of fused-ring (bicyclic) bond motifs is 2. The molecule has 0 aromatic heterocycles. The number of nitrogens with zero attached hydrogens (tertiary/aromatic N) is 1. The fraction of sp³-hybridized carbons (Fsp3) is 0.350. The molecule has 27 heavy (non-hydrogen) atoms. The quantitative estimate of drug-likeness (QED) is 0.824. The first kappa shape index (κ1) is 16.7. The van der Waals surface area contributed by atoms with Crippen LogP contribution in [0.4, 0.5) is 9.18 Å². The highest BCUT2D eigenvalue weighted by molar-refractivity contribution is 6.30. The minimum Gasteiger partial charge on any atom is -0.465 e. The van der Waals surface area contributed by atoms with Gasteiger partial charge in [0, 0.05) is 30.6 Å². The molecule has 2 aliphatic heterocycles. The highest BCUT2D eigenvalue weighted by Gasteiger charge is 2.59. The molecule has 1 saturated heterocycles. The summed E-state index contributed by atoms with van der Waals surface area (Å²) in [6.07, 6.45) is -0.871. The van der Waals surface area contributed by atoms with Gasteiger partial charge in [0.1, 0.15) is 5.82 Å². The van der Waals surface area contributed by atoms with Crippen LogP contribution in [-0.4, -0.2) is 29.2 Å². The zero-order chi connectivity index (χ0) is 18.9. The van der Waals surface area contributed by atoms with Crippen LogP contribution >= 0.6 is 11.6 Å². The Kier molecular flexibility index (Phi) is 3.41. The second kappa shape index (κ2) is 5.52. The molecule has 0 bridgehead atoms. The van der Waals surface area contributed by atoms with Gasteiger partial charge in [-0.25, -0.2) is 9.18 Å². The molecular formula is C20H17ClFNO4. The van der Waals surface area contributed by atoms with Gasteiger partial charge in [-0.3, -0.25) is 0 Å². The van der Waals surface area contributed by atoms with E-state index in [0.717, 1.165) is 5.56 Å². The number of carboxylic acid groups (broad SMARTS) is 1. The molecule has 5 rings (SSSR count). The Morgan fingerprint density at radius 1 is 1.26 bits per heavy atom. The normalized spacial score (nSPS) is 30.3. The van der Waals surface area contributed by atoms with E-state index >= 15 is 0 Å². The molecule has 2 heterocycles. The fourth-order valence-corrected chi connectivity index (χ4v) is 4.68. The first-order valence-corrected chi connectivity index (χ1v) is 9.19. The van der Waals surface area contributed by atoms with Crippen molar-refractivity contribution in [2.45, 2.75) is 18.6 Å². The number of ether oxygens (including phenoxy) is 2. The Morgan fingerprint density at radius 2 is 2.00 bits per heavy atom. The van der Waals surface area contributed by atoms with Crippen molar-refractivity contribution in [1.29, 1.82) is 0 Å². The first-order valence-electron chi connectivity index (χ1n) is 8.82. The molecule has 1 amide bonds. The van der Waals surface area contributed by atoms with Gasteiger partial charge in [-0.05, 0) is 42.0 Å². The number of hydrogen-bond donors (Lipinski definition) is 1. The van der Waals surface area contributed by atoms with Crippen LogP contribution < -0.4 is 9.47 Å². The summed E-state index contributed by atoms with van der Waals surface area (Å²) >= 11 is 5.85. The molecule has 1 saturated carbocycles. The van der Waals surface area contributed by atoms with E-state index in [9.17, 15) is 9.18 Å². The van der Waals surface area contributed by atoms with E-state index in [4.69, 9.17) is 26.2 Å². The average Bonchev–Trinajstić information content (AvgIpc) is 2.95. The monoisotopic (exact) mass is 389 g/mol. The van der Waals surface area contributed by atoms with Gasteiger partial charge in [0.15, 0.2) is 11.5 Å². The number of halogens is 2. The zero-order valence-corrected chi connectivity index (χ0v) is 15.2. The predicted octanol–water partition coefficient (Wildman–Crippen LogP) is 4.45. The Balaban J connectivity index is 1.44. The highest BCUT2D eigenvalue weighted by atomic mass is 35.5. The van der Waals surface area contributed by atoms with E-state index in [1.165, 1.54) is 11.0 Å². The van der Waals surface area contributed by atoms with Gasteiger partial charge in [-0.1, -0.05) is 23.7 Å². The molecule has 7 heteroatoms. The van der Waals surface area contributed by atoms with Crippen LogP contribution in [0.1, 0.15) is 24.0 Å². The number of benzene rings is 2. The number of amides is 1. The maximum absolute atomic E-state index is 14.4. The van der Waals surface area contributed by atoms with Crippen LogP contribution in [0.15, 0.2) is 36.4 Å². The average molecular weight is 390 g/mol. The maximum atomic E-state index is 14.4. The molecule has 2 aromatic rings. The SMILES string of the molecule is CC1(c2ccc(Cl)cc2F)Oc2cccc(C3[C@H]4CN(C(=O)O)C[C@@H]34)c2O1. The molecule has 5 nitrogen and oxygen atoms in total. The van der Waals surface area contributed by atoms with E-state index in [0.29, 0.717) is 41.4 Å². The van der Waals surface area contributed by atoms with Gasteiger partial charge in [0.25, 0.3) is 5.79 Å². The molecule has 1 N–H and O–H groups in total. The summed E-state index contributed by atoms with van der Waals surface area (Å²) in [6, 6.07) is 10.1. The lowest BCUT2D eigenvalue weighted by molar-refractivity contribution is -0.0710. The van der Waals surface area contributed by atoms with Crippen LogP contribution in [0.5, 0.6) is 11.5 Å². The lowest BCUT2D eigenvalue weighted by Gasteiger charge is -2.24. The van der Waals surface area contributed by atoms with Crippen molar-refractivity contribution in [2.24, 2.45) is 11.8 Å². The van der Waals surface area contributed by atoms with Gasteiger partial charge >= 0.3 is 6.09 Å². The second-order valence-corrected chi connectivity index (χ2v) is 7.93. The Morgan fingerprint density at radius 3 is 2.67 bits per heavy atom. The van der Waals surface area contributed by atoms with Crippen molar-refractivity contribution in [2.75, 3.05) is 13.1 Å². The largest absolute Gasteiger partial charge is 0.465 e. The number of likely N-dealkylation sites (tertiary alicyclic amines) is 1. The third-order valence-electron chi connectivity index (χ3n) is 5.85. The molecule has 1 aliphatic carbocycles. The molecule has 140 valence electrons. The summed E-state index contributed by atoms with van der Waals surface area (Å²) in [5.74, 6) is 0.284. The van der Waals surface area contributed by atoms with Gasteiger partial charge in [-0.2, -0.15) is 0 Å². The Bertz CT molecular complexity index is 955. The highest BCUT2D eigenvalue weighted by Crippen LogP contribution is 2.62. The third kappa shape index (κ3) is 2.46. The second-order valence-electron chi connectivity index (χ2n) is 7.49. The molecule has 0 radical (unpaired) electrons. The van der Waals surface area contributed by atoms with Crippen molar-refractivity contribution in [3.63, 3.8) is 0 Å². The molecule has 2 aromatic carbocycles. The molecule has 2 unspecified atom stereocenters. The van der Waals surface area contributed by atoms with E-state index in [-0.39, 0.29) is 11.5 Å². The van der Waals surface area contributed by atoms with Crippen molar-refractivity contribution in [3.8, 4) is 11.5 Å². The van der Waals surface area contributed by atoms with E-state index in [2.05, 4.69) is 0 Å². The van der Waals surface area contributed by atoms with Crippen LogP contribution in [0.25, 0.3) is 0 Å². The maximum Gasteiger partial charge on any atom is 0.407 e. The summed E-state index contributed by atoms with van der Waals surface area (Å²) in [4.78, 5) is 12.6. The van der Waals surface area contributed by atoms with Crippen molar-refractivity contribution >= 4 is 17.7 Å². The number of hydrogen-bond acceptors (Lipinski definition) is 3. The fourth-order valence-electron chi connectivity index (χ4n) is 4.52. The first-order chi connectivity index (χ1) is 12.9. The van der Waals surface area contributed by atoms with Crippen molar-refractivity contribution < 1.29 is 23.8 Å². The smallest absolute Gasteiger partial charge is 0.407 e. The van der Waals surface area contributed by atoms with E-state index < -0.39 is 17.7 Å². The third-order valence-corrected chi connectivity index (χ3v) is 6.09. The molecule has 0 spiro atoms. The Hall–Kier alpha value is -2.47. The minimum absolute atomic E-state index is 0.247. The van der Waals surface area contributed by atoms with E-state index in [1.54, 1.807) is 25.1 Å². The molecule has 3 aliphatic rings. The summed E-state index contributed by atoms with van der Waals surface area (Å²) in [5, 5.41) is 9.45. The van der Waals surface area contributed by atoms with Crippen LogP contribution in [-0.2, 0) is 5.79 Å². The van der Waals surface area contributed by atoms with E-state index in [1.807, 2.05) is 12.1 Å². The number of piperidine rings is 1. The van der Waals surface area contributed by atoms with Crippen LogP contribution in [0, 0.1) is 17.7 Å². The topological polar surface area (TPSA) is 59.0 Å². The summed E-state index contributed by atoms with van der Waals surface area (Å²) in [6.45, 7) is 2.76. The number of para-hydroxylation sites is 1. The summed E-state index contributed by atoms with van der Waals surface area (Å²) < 4.78 is 26.6. The van der Waals surface area contributed by atoms with Crippen LogP contribution in [0.2, 0.25) is 5.02 Å². The van der Waals surface area contributed by atoms with Crippen LogP contribution in [0.3, 0.4) is 0 Å². The standard InChI is InChI=1S/C20H17ClFNO4/c1-20(14-6-5-10(21)7-15(14)22)26-16-4-2-3-11(18(16)27-20)17-12-8-23(19(24)25)9-13(12)17/h2-7,12-13,17H,8-9H2,1H3,(H,24,25)/t12-,13+,17?,20?. The number of rotatable bonds is 2. The zero-order valence-electron chi connectivity index (χ0n) is 14.5. The van der Waals surface area contributed by atoms with Crippen molar-refractivity contribution in [3.05, 3.63) is 58.4 Å². The Labute approximate surface area is 160 Å². The van der Waals surface area contributed by atoms with Gasteiger partial charge < -0.3 is 19.5 Å². The molecule has 4 atom stereocenters. The summed E-state index contributed by atoms with van der Waals surface area (Å²) in [5.41, 5.74) is 1.28. The molecule has 2 fully saturated rings. The lowest BCUT2D eigenvalue weighted by atomic mass is 10.0. The predicted molar refractivity (Wildman–Crippen MR) is 95.8 cm³/mol. The number of carbonyl (C=O) groups is 1. The van der Waals surface area contributed by atoms with Gasteiger partial charge in [0.05, 0.1) is 5.56 Å². The summed E-state index contributed by atoms with van der Waals surface area (Å²) in [7, 11) is 0. The van der Waals surface area contributed by atoms with Gasteiger partial charge in [-0.15, -0.1) is 0 Å². The molecular weight excluding hydrogens is 373 g/mol. The van der Waals surface area contributed by atoms with Gasteiger partial charge in [0.2, 0.25) is 0 Å². The lowest BCUT2D eigenvalue weighted by Crippen LogP contribution is -2.32.